The Kier molecular flexibility index (Phi) is 4.45. The standard InChI is InChI=1S/C14H19NO4S/c1-10-6-8-11(9-7-10)20(18,19)15-13-5-3-2-4-12(13)14(16)17/h6-9,12-13,15H,2-5H2,1H3,(H,16,17). The highest BCUT2D eigenvalue weighted by molar-refractivity contribution is 7.89. The first-order chi connectivity index (χ1) is 9.40. The number of hydrogen-bond donors (Lipinski definition) is 2. The summed E-state index contributed by atoms with van der Waals surface area (Å²) in [6.07, 6.45) is 2.78. The first-order valence-electron chi connectivity index (χ1n) is 6.72. The van der Waals surface area contributed by atoms with Crippen LogP contribution in [0.2, 0.25) is 0 Å². The van der Waals surface area contributed by atoms with Crippen molar-refractivity contribution in [1.82, 2.24) is 4.72 Å². The number of rotatable bonds is 4. The summed E-state index contributed by atoms with van der Waals surface area (Å²) in [6.45, 7) is 1.88. The van der Waals surface area contributed by atoms with Gasteiger partial charge in [-0.2, -0.15) is 0 Å². The molecule has 1 saturated carbocycles. The van der Waals surface area contributed by atoms with E-state index < -0.39 is 28.0 Å². The Morgan fingerprint density at radius 2 is 1.80 bits per heavy atom. The monoisotopic (exact) mass is 297 g/mol. The number of hydrogen-bond acceptors (Lipinski definition) is 3. The molecule has 0 saturated heterocycles. The predicted octanol–water partition coefficient (Wildman–Crippen LogP) is 1.92. The summed E-state index contributed by atoms with van der Waals surface area (Å²) in [4.78, 5) is 11.4. The fraction of sp³-hybridized carbons (Fsp3) is 0.500. The van der Waals surface area contributed by atoms with Gasteiger partial charge in [0.05, 0.1) is 10.8 Å². The molecule has 2 rings (SSSR count). The molecule has 1 aliphatic rings. The van der Waals surface area contributed by atoms with E-state index in [0.717, 1.165) is 18.4 Å². The van der Waals surface area contributed by atoms with Gasteiger partial charge >= 0.3 is 5.97 Å². The number of carboxylic acid groups (broad SMARTS) is 1. The number of aryl methyl sites for hydroxylation is 1. The number of nitrogens with one attached hydrogen (secondary N) is 1. The van der Waals surface area contributed by atoms with Crippen molar-refractivity contribution in [2.45, 2.75) is 43.5 Å². The molecule has 0 radical (unpaired) electrons. The maximum absolute atomic E-state index is 12.3. The van der Waals surface area contributed by atoms with Gasteiger partial charge in [-0.15, -0.1) is 0 Å². The van der Waals surface area contributed by atoms with Crippen molar-refractivity contribution in [1.29, 1.82) is 0 Å². The lowest BCUT2D eigenvalue weighted by molar-refractivity contribution is -0.143. The van der Waals surface area contributed by atoms with Gasteiger partial charge in [0.25, 0.3) is 0 Å². The number of benzene rings is 1. The van der Waals surface area contributed by atoms with Crippen molar-refractivity contribution in [2.75, 3.05) is 0 Å². The van der Waals surface area contributed by atoms with Crippen LogP contribution < -0.4 is 4.72 Å². The molecular weight excluding hydrogens is 278 g/mol. The van der Waals surface area contributed by atoms with Gasteiger partial charge in [0, 0.05) is 6.04 Å². The highest BCUT2D eigenvalue weighted by atomic mass is 32.2. The van der Waals surface area contributed by atoms with E-state index in [2.05, 4.69) is 4.72 Å². The lowest BCUT2D eigenvalue weighted by Gasteiger charge is -2.28. The molecule has 0 aromatic heterocycles. The van der Waals surface area contributed by atoms with E-state index in [-0.39, 0.29) is 4.90 Å². The van der Waals surface area contributed by atoms with E-state index >= 15 is 0 Å². The van der Waals surface area contributed by atoms with Crippen LogP contribution in [0.1, 0.15) is 31.2 Å². The predicted molar refractivity (Wildman–Crippen MR) is 74.9 cm³/mol. The maximum Gasteiger partial charge on any atom is 0.308 e. The second-order valence-electron chi connectivity index (χ2n) is 5.27. The van der Waals surface area contributed by atoms with Crippen molar-refractivity contribution in [3.8, 4) is 0 Å². The molecule has 0 aliphatic heterocycles. The summed E-state index contributed by atoms with van der Waals surface area (Å²) in [5.41, 5.74) is 0.977. The van der Waals surface area contributed by atoms with Crippen LogP contribution in [-0.4, -0.2) is 25.5 Å². The smallest absolute Gasteiger partial charge is 0.308 e. The molecule has 2 N–H and O–H groups in total. The van der Waals surface area contributed by atoms with Crippen LogP contribution in [0, 0.1) is 12.8 Å². The third-order valence-electron chi connectivity index (χ3n) is 3.72. The Balaban J connectivity index is 2.18. The minimum absolute atomic E-state index is 0.179. The molecule has 0 heterocycles. The maximum atomic E-state index is 12.3. The van der Waals surface area contributed by atoms with Gasteiger partial charge in [-0.25, -0.2) is 13.1 Å². The van der Waals surface area contributed by atoms with Crippen LogP contribution >= 0.6 is 0 Å². The van der Waals surface area contributed by atoms with Crippen LogP contribution in [-0.2, 0) is 14.8 Å². The first-order valence-corrected chi connectivity index (χ1v) is 8.20. The van der Waals surface area contributed by atoms with Crippen LogP contribution in [0.3, 0.4) is 0 Å². The van der Waals surface area contributed by atoms with Crippen molar-refractivity contribution < 1.29 is 18.3 Å². The largest absolute Gasteiger partial charge is 0.481 e. The fourth-order valence-electron chi connectivity index (χ4n) is 2.55. The Labute approximate surface area is 119 Å². The molecule has 1 aliphatic carbocycles. The quantitative estimate of drug-likeness (QED) is 0.889. The lowest BCUT2D eigenvalue weighted by atomic mass is 9.85. The normalized spacial score (nSPS) is 23.4. The van der Waals surface area contributed by atoms with E-state index in [4.69, 9.17) is 0 Å². The van der Waals surface area contributed by atoms with E-state index in [0.29, 0.717) is 12.8 Å². The molecule has 1 aromatic carbocycles. The van der Waals surface area contributed by atoms with Crippen LogP contribution in [0.25, 0.3) is 0 Å². The van der Waals surface area contributed by atoms with Gasteiger partial charge in [-0.3, -0.25) is 4.79 Å². The van der Waals surface area contributed by atoms with Gasteiger partial charge in [0.2, 0.25) is 10.0 Å². The molecule has 1 fully saturated rings. The minimum atomic E-state index is -3.66. The number of sulfonamides is 1. The molecule has 0 spiro atoms. The SMILES string of the molecule is Cc1ccc(S(=O)(=O)NC2CCCCC2C(=O)O)cc1. The summed E-state index contributed by atoms with van der Waals surface area (Å²) in [7, 11) is -3.66. The van der Waals surface area contributed by atoms with E-state index in [1.54, 1.807) is 12.1 Å². The van der Waals surface area contributed by atoms with Gasteiger partial charge < -0.3 is 5.11 Å². The second-order valence-corrected chi connectivity index (χ2v) is 6.98. The summed E-state index contributed by atoms with van der Waals surface area (Å²) < 4.78 is 27.1. The topological polar surface area (TPSA) is 83.5 Å². The van der Waals surface area contributed by atoms with Crippen molar-refractivity contribution in [2.24, 2.45) is 5.92 Å². The molecule has 5 nitrogen and oxygen atoms in total. The second kappa shape index (κ2) is 5.93. The molecule has 2 unspecified atom stereocenters. The van der Waals surface area contributed by atoms with Gasteiger partial charge in [-0.05, 0) is 31.9 Å². The number of carbonyl (C=O) groups is 1. The van der Waals surface area contributed by atoms with E-state index in [9.17, 15) is 18.3 Å². The molecule has 0 amide bonds. The molecule has 0 bridgehead atoms. The van der Waals surface area contributed by atoms with E-state index in [1.165, 1.54) is 12.1 Å². The molecule has 1 aromatic rings. The summed E-state index contributed by atoms with van der Waals surface area (Å²) in [5, 5.41) is 9.18. The van der Waals surface area contributed by atoms with Gasteiger partial charge in [0.15, 0.2) is 0 Å². The van der Waals surface area contributed by atoms with Crippen molar-refractivity contribution >= 4 is 16.0 Å². The van der Waals surface area contributed by atoms with Crippen molar-refractivity contribution in [3.05, 3.63) is 29.8 Å². The Morgan fingerprint density at radius 1 is 1.20 bits per heavy atom. The van der Waals surface area contributed by atoms with Crippen LogP contribution in [0.15, 0.2) is 29.2 Å². The lowest BCUT2D eigenvalue weighted by Crippen LogP contribution is -2.44. The highest BCUT2D eigenvalue weighted by Gasteiger charge is 2.33. The molecule has 110 valence electrons. The van der Waals surface area contributed by atoms with Gasteiger partial charge in [0.1, 0.15) is 0 Å². The summed E-state index contributed by atoms with van der Waals surface area (Å²) in [5.74, 6) is -1.56. The Bertz CT molecular complexity index is 580. The third-order valence-corrected chi connectivity index (χ3v) is 5.23. The van der Waals surface area contributed by atoms with Crippen LogP contribution in [0.5, 0.6) is 0 Å². The first kappa shape index (κ1) is 15.0. The van der Waals surface area contributed by atoms with Crippen LogP contribution in [0.4, 0.5) is 0 Å². The zero-order chi connectivity index (χ0) is 14.8. The zero-order valence-electron chi connectivity index (χ0n) is 11.4. The highest BCUT2D eigenvalue weighted by Crippen LogP contribution is 2.26. The fourth-order valence-corrected chi connectivity index (χ4v) is 3.86. The Hall–Kier alpha value is -1.40. The molecular formula is C14H19NO4S. The third kappa shape index (κ3) is 3.37. The number of carboxylic acids is 1. The van der Waals surface area contributed by atoms with E-state index in [1.807, 2.05) is 6.92 Å². The average molecular weight is 297 g/mol. The van der Waals surface area contributed by atoms with Crippen molar-refractivity contribution in [3.63, 3.8) is 0 Å². The molecule has 6 heteroatoms. The molecule has 2 atom stereocenters. The Morgan fingerprint density at radius 3 is 2.40 bits per heavy atom. The molecule has 20 heavy (non-hydrogen) atoms. The zero-order valence-corrected chi connectivity index (χ0v) is 12.2. The van der Waals surface area contributed by atoms with Gasteiger partial charge in [-0.1, -0.05) is 30.5 Å². The number of aliphatic carboxylic acids is 1. The summed E-state index contributed by atoms with van der Waals surface area (Å²) in [6, 6.07) is 6.01. The minimum Gasteiger partial charge on any atom is -0.481 e. The summed E-state index contributed by atoms with van der Waals surface area (Å²) >= 11 is 0. The average Bonchev–Trinajstić information content (AvgIpc) is 2.39.